The molecule has 0 aliphatic heterocycles. The van der Waals surface area contributed by atoms with Crippen LogP contribution < -0.4 is 5.32 Å². The summed E-state index contributed by atoms with van der Waals surface area (Å²) >= 11 is 5.96. The number of carbonyl (C=O) groups excluding carboxylic acids is 2. The zero-order chi connectivity index (χ0) is 17.4. The Morgan fingerprint density at radius 1 is 1.08 bits per heavy atom. The molecule has 0 fully saturated rings. The maximum atomic E-state index is 12.4. The van der Waals surface area contributed by atoms with E-state index in [0.29, 0.717) is 17.1 Å². The van der Waals surface area contributed by atoms with Crippen LogP contribution in [0.4, 0.5) is 5.69 Å². The van der Waals surface area contributed by atoms with Crippen LogP contribution in [0.15, 0.2) is 54.6 Å². The van der Waals surface area contributed by atoms with E-state index in [1.807, 2.05) is 12.1 Å². The molecule has 0 unspecified atom stereocenters. The molecule has 0 atom stereocenters. The standard InChI is InChI=1S/C18H19ClN2O3/c19-15-7-4-6-14(12-15)13-21(10-5-11-22)18(24)17(23)20-16-8-2-1-3-9-16/h1-4,6-9,12,22H,5,10-11,13H2,(H,20,23). The molecule has 0 radical (unpaired) electrons. The van der Waals surface area contributed by atoms with E-state index in [0.717, 1.165) is 5.56 Å². The quantitative estimate of drug-likeness (QED) is 0.790. The predicted octanol–water partition coefficient (Wildman–Crippen LogP) is 2.69. The van der Waals surface area contributed by atoms with Crippen molar-refractivity contribution in [3.05, 3.63) is 65.2 Å². The van der Waals surface area contributed by atoms with Crippen molar-refractivity contribution in [1.29, 1.82) is 0 Å². The predicted molar refractivity (Wildman–Crippen MR) is 93.6 cm³/mol. The molecule has 0 bridgehead atoms. The fourth-order valence-electron chi connectivity index (χ4n) is 2.22. The van der Waals surface area contributed by atoms with Crippen molar-refractivity contribution in [2.75, 3.05) is 18.5 Å². The maximum absolute atomic E-state index is 12.4. The lowest BCUT2D eigenvalue weighted by atomic mass is 10.2. The van der Waals surface area contributed by atoms with Gasteiger partial charge in [-0.3, -0.25) is 9.59 Å². The molecule has 0 aromatic heterocycles. The summed E-state index contributed by atoms with van der Waals surface area (Å²) in [6.07, 6.45) is 0.394. The van der Waals surface area contributed by atoms with Gasteiger partial charge in [-0.15, -0.1) is 0 Å². The Morgan fingerprint density at radius 3 is 2.50 bits per heavy atom. The van der Waals surface area contributed by atoms with E-state index in [2.05, 4.69) is 5.32 Å². The molecule has 2 aromatic rings. The van der Waals surface area contributed by atoms with Crippen molar-refractivity contribution in [2.24, 2.45) is 0 Å². The van der Waals surface area contributed by atoms with Crippen molar-refractivity contribution in [3.63, 3.8) is 0 Å². The van der Waals surface area contributed by atoms with E-state index in [9.17, 15) is 9.59 Å². The second-order valence-corrected chi connectivity index (χ2v) is 5.69. The molecule has 2 rings (SSSR count). The summed E-state index contributed by atoms with van der Waals surface area (Å²) in [6, 6.07) is 15.9. The Hall–Kier alpha value is -2.37. The smallest absolute Gasteiger partial charge is 0.313 e. The molecule has 0 saturated heterocycles. The van der Waals surface area contributed by atoms with Crippen LogP contribution in [0.1, 0.15) is 12.0 Å². The summed E-state index contributed by atoms with van der Waals surface area (Å²) in [5, 5.41) is 12.2. The fraction of sp³-hybridized carbons (Fsp3) is 0.222. The molecule has 2 amide bonds. The molecule has 0 saturated carbocycles. The first kappa shape index (κ1) is 18.0. The lowest BCUT2D eigenvalue weighted by Crippen LogP contribution is -2.40. The highest BCUT2D eigenvalue weighted by Gasteiger charge is 2.22. The molecule has 6 heteroatoms. The van der Waals surface area contributed by atoms with Gasteiger partial charge in [0.1, 0.15) is 0 Å². The van der Waals surface area contributed by atoms with E-state index in [4.69, 9.17) is 16.7 Å². The number of hydrogen-bond donors (Lipinski definition) is 2. The highest BCUT2D eigenvalue weighted by molar-refractivity contribution is 6.39. The third-order valence-corrected chi connectivity index (χ3v) is 3.60. The third kappa shape index (κ3) is 5.37. The van der Waals surface area contributed by atoms with Crippen LogP contribution in [-0.4, -0.2) is 35.0 Å². The number of benzene rings is 2. The maximum Gasteiger partial charge on any atom is 0.313 e. The molecule has 24 heavy (non-hydrogen) atoms. The number of nitrogens with one attached hydrogen (secondary N) is 1. The van der Waals surface area contributed by atoms with Gasteiger partial charge in [-0.1, -0.05) is 41.9 Å². The van der Waals surface area contributed by atoms with E-state index < -0.39 is 11.8 Å². The number of carbonyl (C=O) groups is 2. The van der Waals surface area contributed by atoms with E-state index in [-0.39, 0.29) is 19.7 Å². The fourth-order valence-corrected chi connectivity index (χ4v) is 2.43. The van der Waals surface area contributed by atoms with Crippen LogP contribution in [0, 0.1) is 0 Å². The van der Waals surface area contributed by atoms with Crippen LogP contribution in [0.25, 0.3) is 0 Å². The number of rotatable bonds is 6. The molecule has 2 aromatic carbocycles. The summed E-state index contributed by atoms with van der Waals surface area (Å²) in [5.74, 6) is -1.35. The van der Waals surface area contributed by atoms with Crippen LogP contribution in [0.5, 0.6) is 0 Å². The van der Waals surface area contributed by atoms with Crippen LogP contribution >= 0.6 is 11.6 Å². The molecule has 0 aliphatic rings. The number of para-hydroxylation sites is 1. The van der Waals surface area contributed by atoms with Gasteiger partial charge in [0.05, 0.1) is 0 Å². The molecule has 0 heterocycles. The molecule has 0 aliphatic carbocycles. The van der Waals surface area contributed by atoms with Gasteiger partial charge in [-0.25, -0.2) is 0 Å². The second kappa shape index (κ2) is 9.05. The van der Waals surface area contributed by atoms with Crippen molar-refractivity contribution < 1.29 is 14.7 Å². The van der Waals surface area contributed by atoms with E-state index in [1.165, 1.54) is 4.90 Å². The Bertz CT molecular complexity index is 692. The van der Waals surface area contributed by atoms with Crippen LogP contribution in [-0.2, 0) is 16.1 Å². The zero-order valence-corrected chi connectivity index (χ0v) is 13.9. The minimum Gasteiger partial charge on any atom is -0.396 e. The molecule has 5 nitrogen and oxygen atoms in total. The average Bonchev–Trinajstić information content (AvgIpc) is 2.59. The minimum atomic E-state index is -0.707. The van der Waals surface area contributed by atoms with Gasteiger partial charge in [0.15, 0.2) is 0 Å². The number of halogens is 1. The summed E-state index contributed by atoms with van der Waals surface area (Å²) in [6.45, 7) is 0.477. The van der Waals surface area contributed by atoms with Crippen LogP contribution in [0.2, 0.25) is 5.02 Å². The molecular weight excluding hydrogens is 328 g/mol. The normalized spacial score (nSPS) is 10.2. The molecule has 0 spiro atoms. The van der Waals surface area contributed by atoms with Gasteiger partial charge in [0, 0.05) is 30.4 Å². The second-order valence-electron chi connectivity index (χ2n) is 5.25. The van der Waals surface area contributed by atoms with Gasteiger partial charge in [-0.05, 0) is 36.2 Å². The summed E-state index contributed by atoms with van der Waals surface area (Å²) in [7, 11) is 0. The Labute approximate surface area is 145 Å². The van der Waals surface area contributed by atoms with Crippen molar-refractivity contribution >= 4 is 29.1 Å². The van der Waals surface area contributed by atoms with Gasteiger partial charge in [0.25, 0.3) is 0 Å². The van der Waals surface area contributed by atoms with Crippen LogP contribution in [0.3, 0.4) is 0 Å². The molecule has 126 valence electrons. The highest BCUT2D eigenvalue weighted by Crippen LogP contribution is 2.14. The third-order valence-electron chi connectivity index (χ3n) is 3.36. The molecular formula is C18H19ClN2O3. The van der Waals surface area contributed by atoms with Crippen molar-refractivity contribution in [2.45, 2.75) is 13.0 Å². The SMILES string of the molecule is O=C(Nc1ccccc1)C(=O)N(CCCO)Cc1cccc(Cl)c1. The number of hydrogen-bond acceptors (Lipinski definition) is 3. The first-order chi connectivity index (χ1) is 11.6. The topological polar surface area (TPSA) is 69.6 Å². The lowest BCUT2D eigenvalue weighted by molar-refractivity contribution is -0.143. The van der Waals surface area contributed by atoms with E-state index >= 15 is 0 Å². The number of aliphatic hydroxyl groups excluding tert-OH is 1. The largest absolute Gasteiger partial charge is 0.396 e. The summed E-state index contributed by atoms with van der Waals surface area (Å²) < 4.78 is 0. The van der Waals surface area contributed by atoms with Crippen molar-refractivity contribution in [3.8, 4) is 0 Å². The van der Waals surface area contributed by atoms with Gasteiger partial charge in [0.2, 0.25) is 0 Å². The van der Waals surface area contributed by atoms with Gasteiger partial charge < -0.3 is 15.3 Å². The Morgan fingerprint density at radius 2 is 1.83 bits per heavy atom. The van der Waals surface area contributed by atoms with Gasteiger partial charge >= 0.3 is 11.8 Å². The number of anilines is 1. The number of nitrogens with zero attached hydrogens (tertiary/aromatic N) is 1. The Kier molecular flexibility index (Phi) is 6.78. The molecule has 2 N–H and O–H groups in total. The summed E-state index contributed by atoms with van der Waals surface area (Å²) in [4.78, 5) is 26.0. The highest BCUT2D eigenvalue weighted by atomic mass is 35.5. The number of amides is 2. The zero-order valence-electron chi connectivity index (χ0n) is 13.1. The monoisotopic (exact) mass is 346 g/mol. The summed E-state index contributed by atoms with van der Waals surface area (Å²) in [5.41, 5.74) is 1.38. The minimum absolute atomic E-state index is 0.0559. The number of aliphatic hydroxyl groups is 1. The Balaban J connectivity index is 2.07. The first-order valence-corrected chi connectivity index (χ1v) is 7.98. The average molecular weight is 347 g/mol. The first-order valence-electron chi connectivity index (χ1n) is 7.61. The van der Waals surface area contributed by atoms with E-state index in [1.54, 1.807) is 42.5 Å². The van der Waals surface area contributed by atoms with Gasteiger partial charge in [-0.2, -0.15) is 0 Å². The lowest BCUT2D eigenvalue weighted by Gasteiger charge is -2.22. The van der Waals surface area contributed by atoms with Crippen molar-refractivity contribution in [1.82, 2.24) is 4.90 Å².